The standard InChI is InChI=1S/C35H39N3O5S/c1-26(2)36-35(40)32(23-28-15-7-5-8-16-28)37(24-29-17-13-14-27(3)22-29)34(39)25-38(31-20-11-12-21-33(31)43-4)44(41,42)30-18-9-6-10-19-30/h5-22,26,32H,23-25H2,1-4H3,(H,36,40). The summed E-state index contributed by atoms with van der Waals surface area (Å²) >= 11 is 0. The van der Waals surface area contributed by atoms with Gasteiger partial charge in [0.25, 0.3) is 10.0 Å². The van der Waals surface area contributed by atoms with Crippen LogP contribution in [0.25, 0.3) is 0 Å². The summed E-state index contributed by atoms with van der Waals surface area (Å²) in [6.45, 7) is 5.23. The van der Waals surface area contributed by atoms with Crippen LogP contribution < -0.4 is 14.4 Å². The van der Waals surface area contributed by atoms with Gasteiger partial charge in [0, 0.05) is 19.0 Å². The van der Waals surface area contributed by atoms with Gasteiger partial charge in [0.05, 0.1) is 17.7 Å². The van der Waals surface area contributed by atoms with Crippen molar-refractivity contribution in [1.29, 1.82) is 0 Å². The van der Waals surface area contributed by atoms with Crippen LogP contribution >= 0.6 is 0 Å². The molecule has 44 heavy (non-hydrogen) atoms. The number of hydrogen-bond donors (Lipinski definition) is 1. The summed E-state index contributed by atoms with van der Waals surface area (Å²) in [6, 6.07) is 30.7. The summed E-state index contributed by atoms with van der Waals surface area (Å²) in [6.07, 6.45) is 0.247. The predicted octanol–water partition coefficient (Wildman–Crippen LogP) is 5.36. The zero-order valence-corrected chi connectivity index (χ0v) is 26.3. The van der Waals surface area contributed by atoms with E-state index < -0.39 is 28.5 Å². The SMILES string of the molecule is COc1ccccc1N(CC(=O)N(Cc1cccc(C)c1)C(Cc1ccccc1)C(=O)NC(C)C)S(=O)(=O)c1ccccc1. The smallest absolute Gasteiger partial charge is 0.264 e. The zero-order valence-electron chi connectivity index (χ0n) is 25.5. The lowest BCUT2D eigenvalue weighted by atomic mass is 10.0. The molecule has 1 unspecified atom stereocenters. The van der Waals surface area contributed by atoms with E-state index in [4.69, 9.17) is 4.74 Å². The quantitative estimate of drug-likeness (QED) is 0.219. The third-order valence-electron chi connectivity index (χ3n) is 7.10. The number of sulfonamides is 1. The van der Waals surface area contributed by atoms with E-state index in [1.165, 1.54) is 24.1 Å². The first kappa shape index (κ1) is 32.3. The molecule has 1 N–H and O–H groups in total. The lowest BCUT2D eigenvalue weighted by Gasteiger charge is -2.34. The molecule has 4 rings (SSSR count). The van der Waals surface area contributed by atoms with Gasteiger partial charge in [-0.2, -0.15) is 0 Å². The van der Waals surface area contributed by atoms with Crippen molar-refractivity contribution in [3.8, 4) is 5.75 Å². The van der Waals surface area contributed by atoms with Crippen molar-refractivity contribution < 1.29 is 22.7 Å². The van der Waals surface area contributed by atoms with E-state index in [9.17, 15) is 18.0 Å². The molecule has 2 amide bonds. The van der Waals surface area contributed by atoms with Crippen molar-refractivity contribution in [2.75, 3.05) is 18.0 Å². The van der Waals surface area contributed by atoms with Crippen LogP contribution in [0.5, 0.6) is 5.75 Å². The lowest BCUT2D eigenvalue weighted by Crippen LogP contribution is -2.54. The number of ether oxygens (including phenoxy) is 1. The summed E-state index contributed by atoms with van der Waals surface area (Å²) in [7, 11) is -2.76. The second kappa shape index (κ2) is 14.7. The Morgan fingerprint density at radius 1 is 0.818 bits per heavy atom. The van der Waals surface area contributed by atoms with Crippen LogP contribution in [-0.4, -0.2) is 50.9 Å². The number of aryl methyl sites for hydroxylation is 1. The highest BCUT2D eigenvalue weighted by Crippen LogP contribution is 2.32. The second-order valence-corrected chi connectivity index (χ2v) is 12.7. The van der Waals surface area contributed by atoms with E-state index >= 15 is 0 Å². The van der Waals surface area contributed by atoms with Crippen molar-refractivity contribution in [3.05, 3.63) is 126 Å². The van der Waals surface area contributed by atoms with E-state index in [1.54, 1.807) is 42.5 Å². The highest BCUT2D eigenvalue weighted by molar-refractivity contribution is 7.92. The molecule has 0 aliphatic rings. The van der Waals surface area contributed by atoms with Gasteiger partial charge in [-0.3, -0.25) is 13.9 Å². The molecule has 0 saturated heterocycles. The van der Waals surface area contributed by atoms with Crippen LogP contribution in [0.1, 0.15) is 30.5 Å². The average Bonchev–Trinajstić information content (AvgIpc) is 3.02. The molecule has 230 valence electrons. The molecule has 8 nitrogen and oxygen atoms in total. The van der Waals surface area contributed by atoms with Crippen molar-refractivity contribution in [2.24, 2.45) is 0 Å². The van der Waals surface area contributed by atoms with Crippen molar-refractivity contribution in [2.45, 2.75) is 50.7 Å². The van der Waals surface area contributed by atoms with Gasteiger partial charge in [-0.15, -0.1) is 0 Å². The maximum Gasteiger partial charge on any atom is 0.264 e. The van der Waals surface area contributed by atoms with Gasteiger partial charge in [-0.1, -0.05) is 90.5 Å². The Labute approximate surface area is 260 Å². The molecule has 0 fully saturated rings. The highest BCUT2D eigenvalue weighted by atomic mass is 32.2. The second-order valence-electron chi connectivity index (χ2n) is 10.9. The molecule has 0 heterocycles. The van der Waals surface area contributed by atoms with E-state index in [0.29, 0.717) is 5.75 Å². The number of hydrogen-bond acceptors (Lipinski definition) is 5. The third kappa shape index (κ3) is 8.05. The number of carbonyl (C=O) groups excluding carboxylic acids is 2. The molecular formula is C35H39N3O5S. The molecule has 0 saturated carbocycles. The minimum Gasteiger partial charge on any atom is -0.495 e. The summed E-state index contributed by atoms with van der Waals surface area (Å²) in [5.74, 6) is -0.556. The normalized spacial score (nSPS) is 11.9. The molecule has 0 spiro atoms. The van der Waals surface area contributed by atoms with E-state index in [-0.39, 0.29) is 35.5 Å². The van der Waals surface area contributed by atoms with Crippen molar-refractivity contribution in [3.63, 3.8) is 0 Å². The highest BCUT2D eigenvalue weighted by Gasteiger charge is 2.35. The van der Waals surface area contributed by atoms with Gasteiger partial charge in [0.1, 0.15) is 18.3 Å². The minimum atomic E-state index is -4.21. The molecule has 9 heteroatoms. The lowest BCUT2D eigenvalue weighted by molar-refractivity contribution is -0.140. The molecule has 0 aliphatic heterocycles. The largest absolute Gasteiger partial charge is 0.495 e. The van der Waals surface area contributed by atoms with Crippen LogP contribution in [0.2, 0.25) is 0 Å². The molecular weight excluding hydrogens is 574 g/mol. The maximum absolute atomic E-state index is 14.5. The van der Waals surface area contributed by atoms with E-state index in [1.807, 2.05) is 75.4 Å². The Bertz CT molecular complexity index is 1660. The number of carbonyl (C=O) groups is 2. The Hall–Kier alpha value is -4.63. The molecule has 0 bridgehead atoms. The van der Waals surface area contributed by atoms with E-state index in [2.05, 4.69) is 5.32 Å². The van der Waals surface area contributed by atoms with Gasteiger partial charge in [0.15, 0.2) is 0 Å². The van der Waals surface area contributed by atoms with Gasteiger partial charge in [-0.05, 0) is 56.2 Å². The van der Waals surface area contributed by atoms with Crippen LogP contribution in [-0.2, 0) is 32.6 Å². The summed E-state index contributed by atoms with van der Waals surface area (Å²) < 4.78 is 34.8. The number of nitrogens with one attached hydrogen (secondary N) is 1. The van der Waals surface area contributed by atoms with Crippen LogP contribution in [0, 0.1) is 6.92 Å². The number of nitrogens with zero attached hydrogens (tertiary/aromatic N) is 2. The number of anilines is 1. The van der Waals surface area contributed by atoms with Crippen molar-refractivity contribution in [1.82, 2.24) is 10.2 Å². The van der Waals surface area contributed by atoms with Crippen LogP contribution in [0.4, 0.5) is 5.69 Å². The van der Waals surface area contributed by atoms with Crippen LogP contribution in [0.15, 0.2) is 114 Å². The summed E-state index contributed by atoms with van der Waals surface area (Å²) in [5, 5.41) is 2.97. The van der Waals surface area contributed by atoms with Gasteiger partial charge >= 0.3 is 0 Å². The monoisotopic (exact) mass is 613 g/mol. The predicted molar refractivity (Wildman–Crippen MR) is 173 cm³/mol. The fourth-order valence-corrected chi connectivity index (χ4v) is 6.46. The molecule has 1 atom stereocenters. The molecule has 4 aromatic carbocycles. The molecule has 0 radical (unpaired) electrons. The average molecular weight is 614 g/mol. The fraction of sp³-hybridized carbons (Fsp3) is 0.257. The number of methoxy groups -OCH3 is 1. The van der Waals surface area contributed by atoms with Crippen LogP contribution in [0.3, 0.4) is 0 Å². The Balaban J connectivity index is 1.83. The number of para-hydroxylation sites is 2. The molecule has 0 aromatic heterocycles. The Morgan fingerprint density at radius 2 is 1.43 bits per heavy atom. The summed E-state index contributed by atoms with van der Waals surface area (Å²) in [5.41, 5.74) is 2.91. The third-order valence-corrected chi connectivity index (χ3v) is 8.88. The van der Waals surface area contributed by atoms with Gasteiger partial charge < -0.3 is 15.0 Å². The maximum atomic E-state index is 14.5. The van der Waals surface area contributed by atoms with Gasteiger partial charge in [0.2, 0.25) is 11.8 Å². The first-order chi connectivity index (χ1) is 21.1. The first-order valence-corrected chi connectivity index (χ1v) is 15.9. The van der Waals surface area contributed by atoms with Crippen molar-refractivity contribution >= 4 is 27.5 Å². The Morgan fingerprint density at radius 3 is 2.07 bits per heavy atom. The fourth-order valence-electron chi connectivity index (χ4n) is 5.01. The van der Waals surface area contributed by atoms with Gasteiger partial charge in [-0.25, -0.2) is 8.42 Å². The first-order valence-electron chi connectivity index (χ1n) is 14.5. The molecule has 4 aromatic rings. The van der Waals surface area contributed by atoms with E-state index in [0.717, 1.165) is 21.0 Å². The summed E-state index contributed by atoms with van der Waals surface area (Å²) in [4.78, 5) is 29.8. The zero-order chi connectivity index (χ0) is 31.7. The Kier molecular flexibility index (Phi) is 10.8. The molecule has 0 aliphatic carbocycles. The number of amides is 2. The minimum absolute atomic E-state index is 0.0299. The topological polar surface area (TPSA) is 96.0 Å². The number of benzene rings is 4. The number of rotatable bonds is 13.